The van der Waals surface area contributed by atoms with Gasteiger partial charge in [0.05, 0.1) is 26.2 Å². The SMILES string of the molecule is COC(=O)CCNC(=O)Cc1coc2cc(C)c(C(C)C)cc12. The van der Waals surface area contributed by atoms with Gasteiger partial charge in [0.1, 0.15) is 5.58 Å². The van der Waals surface area contributed by atoms with Gasteiger partial charge in [-0.05, 0) is 36.1 Å². The molecule has 23 heavy (non-hydrogen) atoms. The van der Waals surface area contributed by atoms with Crippen molar-refractivity contribution in [2.24, 2.45) is 0 Å². The number of ether oxygens (including phenoxy) is 1. The summed E-state index contributed by atoms with van der Waals surface area (Å²) in [6.07, 6.45) is 2.04. The van der Waals surface area contributed by atoms with Crippen LogP contribution in [0.2, 0.25) is 0 Å². The zero-order valence-corrected chi connectivity index (χ0v) is 14.1. The molecule has 1 aromatic carbocycles. The minimum atomic E-state index is -0.337. The molecule has 0 aliphatic carbocycles. The molecule has 124 valence electrons. The lowest BCUT2D eigenvalue weighted by Gasteiger charge is -2.10. The van der Waals surface area contributed by atoms with E-state index in [9.17, 15) is 9.59 Å². The number of benzene rings is 1. The van der Waals surface area contributed by atoms with Crippen LogP contribution in [0.5, 0.6) is 0 Å². The van der Waals surface area contributed by atoms with Gasteiger partial charge in [-0.2, -0.15) is 0 Å². The van der Waals surface area contributed by atoms with Crippen LogP contribution in [0, 0.1) is 6.92 Å². The Kier molecular flexibility index (Phi) is 5.42. The van der Waals surface area contributed by atoms with Crippen LogP contribution < -0.4 is 5.32 Å². The third-order valence-electron chi connectivity index (χ3n) is 3.89. The number of rotatable bonds is 6. The molecule has 5 heteroatoms. The highest BCUT2D eigenvalue weighted by atomic mass is 16.5. The number of aryl methyl sites for hydroxylation is 1. The van der Waals surface area contributed by atoms with Crippen molar-refractivity contribution in [3.8, 4) is 0 Å². The summed E-state index contributed by atoms with van der Waals surface area (Å²) in [5.74, 6) is -0.0598. The maximum atomic E-state index is 12.0. The molecule has 1 amide bonds. The minimum absolute atomic E-state index is 0.136. The molecule has 2 aromatic rings. The third kappa shape index (κ3) is 4.12. The van der Waals surface area contributed by atoms with Crippen molar-refractivity contribution in [1.29, 1.82) is 0 Å². The van der Waals surface area contributed by atoms with E-state index in [-0.39, 0.29) is 31.3 Å². The summed E-state index contributed by atoms with van der Waals surface area (Å²) in [5.41, 5.74) is 4.10. The van der Waals surface area contributed by atoms with Crippen molar-refractivity contribution in [3.05, 3.63) is 35.1 Å². The Bertz CT molecular complexity index is 715. The first-order valence-corrected chi connectivity index (χ1v) is 7.76. The molecule has 0 saturated heterocycles. The molecule has 0 bridgehead atoms. The van der Waals surface area contributed by atoms with Gasteiger partial charge in [-0.15, -0.1) is 0 Å². The molecule has 2 rings (SSSR count). The zero-order chi connectivity index (χ0) is 17.0. The Balaban J connectivity index is 2.09. The molecular weight excluding hydrogens is 294 g/mol. The van der Waals surface area contributed by atoms with Crippen molar-refractivity contribution in [2.75, 3.05) is 13.7 Å². The number of carbonyl (C=O) groups excluding carboxylic acids is 2. The maximum Gasteiger partial charge on any atom is 0.307 e. The van der Waals surface area contributed by atoms with E-state index in [0.717, 1.165) is 16.5 Å². The van der Waals surface area contributed by atoms with Crippen LogP contribution >= 0.6 is 0 Å². The lowest BCUT2D eigenvalue weighted by molar-refractivity contribution is -0.140. The highest BCUT2D eigenvalue weighted by Crippen LogP contribution is 2.29. The van der Waals surface area contributed by atoms with Crippen molar-refractivity contribution in [2.45, 2.75) is 39.5 Å². The molecule has 0 spiro atoms. The number of esters is 1. The van der Waals surface area contributed by atoms with Crippen molar-refractivity contribution < 1.29 is 18.7 Å². The van der Waals surface area contributed by atoms with Crippen LogP contribution in [0.15, 0.2) is 22.8 Å². The van der Waals surface area contributed by atoms with E-state index >= 15 is 0 Å². The Hall–Kier alpha value is -2.30. The van der Waals surface area contributed by atoms with Gasteiger partial charge in [-0.1, -0.05) is 13.8 Å². The van der Waals surface area contributed by atoms with Gasteiger partial charge in [-0.3, -0.25) is 9.59 Å². The van der Waals surface area contributed by atoms with Gasteiger partial charge in [0.2, 0.25) is 5.91 Å². The molecule has 0 saturated carbocycles. The van der Waals surface area contributed by atoms with Gasteiger partial charge in [0.25, 0.3) is 0 Å². The van der Waals surface area contributed by atoms with Crippen LogP contribution in [-0.4, -0.2) is 25.5 Å². The van der Waals surface area contributed by atoms with E-state index in [1.807, 2.05) is 6.07 Å². The molecular formula is C18H23NO4. The summed E-state index contributed by atoms with van der Waals surface area (Å²) >= 11 is 0. The van der Waals surface area contributed by atoms with Gasteiger partial charge in [0, 0.05) is 17.5 Å². The third-order valence-corrected chi connectivity index (χ3v) is 3.89. The van der Waals surface area contributed by atoms with Gasteiger partial charge in [0.15, 0.2) is 0 Å². The molecule has 0 fully saturated rings. The summed E-state index contributed by atoms with van der Waals surface area (Å²) < 4.78 is 10.1. The maximum absolute atomic E-state index is 12.0. The quantitative estimate of drug-likeness (QED) is 0.831. The first-order chi connectivity index (χ1) is 10.9. The summed E-state index contributed by atoms with van der Waals surface area (Å²) in [5, 5.41) is 3.69. The lowest BCUT2D eigenvalue weighted by Crippen LogP contribution is -2.27. The number of nitrogens with one attached hydrogen (secondary N) is 1. The normalized spacial score (nSPS) is 11.0. The Morgan fingerprint density at radius 3 is 2.70 bits per heavy atom. The topological polar surface area (TPSA) is 68.5 Å². The van der Waals surface area contributed by atoms with Gasteiger partial charge >= 0.3 is 5.97 Å². The fourth-order valence-electron chi connectivity index (χ4n) is 2.65. The Labute approximate surface area is 136 Å². The molecule has 0 aliphatic rings. The molecule has 5 nitrogen and oxygen atoms in total. The van der Waals surface area contributed by atoms with Crippen LogP contribution in [-0.2, 0) is 20.7 Å². The largest absolute Gasteiger partial charge is 0.469 e. The van der Waals surface area contributed by atoms with Crippen LogP contribution in [0.4, 0.5) is 0 Å². The average molecular weight is 317 g/mol. The summed E-state index contributed by atoms with van der Waals surface area (Å²) in [6.45, 7) is 6.63. The number of carbonyl (C=O) groups is 2. The average Bonchev–Trinajstić information content (AvgIpc) is 2.87. The fourth-order valence-corrected chi connectivity index (χ4v) is 2.65. The highest BCUT2D eigenvalue weighted by molar-refractivity contribution is 5.88. The van der Waals surface area contributed by atoms with Crippen molar-refractivity contribution in [1.82, 2.24) is 5.32 Å². The molecule has 1 N–H and O–H groups in total. The van der Waals surface area contributed by atoms with E-state index in [1.54, 1.807) is 6.26 Å². The van der Waals surface area contributed by atoms with Crippen molar-refractivity contribution in [3.63, 3.8) is 0 Å². The van der Waals surface area contributed by atoms with Gasteiger partial charge in [-0.25, -0.2) is 0 Å². The second kappa shape index (κ2) is 7.31. The molecule has 1 heterocycles. The smallest absolute Gasteiger partial charge is 0.307 e. The predicted octanol–water partition coefficient (Wildman–Crippen LogP) is 3.09. The van der Waals surface area contributed by atoms with Crippen molar-refractivity contribution >= 4 is 22.8 Å². The molecule has 1 aromatic heterocycles. The second-order valence-corrected chi connectivity index (χ2v) is 5.97. The lowest BCUT2D eigenvalue weighted by atomic mass is 9.95. The minimum Gasteiger partial charge on any atom is -0.469 e. The monoisotopic (exact) mass is 317 g/mol. The number of hydrogen-bond donors (Lipinski definition) is 1. The standard InChI is InChI=1S/C18H23NO4/c1-11(2)14-9-15-13(10-23-16(15)7-12(14)3)8-17(20)19-6-5-18(21)22-4/h7,9-11H,5-6,8H2,1-4H3,(H,19,20). The van der Waals surface area contributed by atoms with Crippen LogP contribution in [0.1, 0.15) is 42.9 Å². The van der Waals surface area contributed by atoms with Crippen LogP contribution in [0.25, 0.3) is 11.0 Å². The van der Waals surface area contributed by atoms with E-state index < -0.39 is 0 Å². The predicted molar refractivity (Wildman–Crippen MR) is 88.4 cm³/mol. The Morgan fingerprint density at radius 2 is 2.04 bits per heavy atom. The summed E-state index contributed by atoms with van der Waals surface area (Å²) in [4.78, 5) is 23.0. The molecule has 0 aliphatic heterocycles. The fraction of sp³-hybridized carbons (Fsp3) is 0.444. The number of furan rings is 1. The number of methoxy groups -OCH3 is 1. The van der Waals surface area contributed by atoms with E-state index in [0.29, 0.717) is 5.92 Å². The molecule has 0 radical (unpaired) electrons. The van der Waals surface area contributed by atoms with Crippen LogP contribution in [0.3, 0.4) is 0 Å². The second-order valence-electron chi connectivity index (χ2n) is 5.97. The molecule has 0 atom stereocenters. The zero-order valence-electron chi connectivity index (χ0n) is 14.1. The molecule has 0 unspecified atom stereocenters. The number of amides is 1. The van der Waals surface area contributed by atoms with Gasteiger partial charge < -0.3 is 14.5 Å². The highest BCUT2D eigenvalue weighted by Gasteiger charge is 2.14. The van der Waals surface area contributed by atoms with E-state index in [4.69, 9.17) is 4.42 Å². The summed E-state index contributed by atoms with van der Waals surface area (Å²) in [7, 11) is 1.33. The number of hydrogen-bond acceptors (Lipinski definition) is 4. The first-order valence-electron chi connectivity index (χ1n) is 7.76. The summed E-state index contributed by atoms with van der Waals surface area (Å²) in [6, 6.07) is 4.12. The van der Waals surface area contributed by atoms with E-state index in [1.165, 1.54) is 18.2 Å². The first kappa shape index (κ1) is 17.1. The van der Waals surface area contributed by atoms with E-state index in [2.05, 4.69) is 36.9 Å². The Morgan fingerprint density at radius 1 is 1.30 bits per heavy atom. The number of fused-ring (bicyclic) bond motifs is 1.